The fourth-order valence-corrected chi connectivity index (χ4v) is 2.41. The molecular weight excluding hydrogens is 318 g/mol. The first-order valence-electron chi connectivity index (χ1n) is 8.56. The molecular formula is C18H23N5O2. The van der Waals surface area contributed by atoms with Crippen molar-refractivity contribution in [3.63, 3.8) is 0 Å². The van der Waals surface area contributed by atoms with Gasteiger partial charge in [0, 0.05) is 25.0 Å². The average molecular weight is 341 g/mol. The second-order valence-electron chi connectivity index (χ2n) is 5.86. The Bertz CT molecular complexity index is 769. The maximum atomic E-state index is 5.76. The Morgan fingerprint density at radius 1 is 1.24 bits per heavy atom. The molecule has 0 saturated carbocycles. The van der Waals surface area contributed by atoms with E-state index in [1.807, 2.05) is 41.2 Å². The van der Waals surface area contributed by atoms with Crippen molar-refractivity contribution in [3.8, 4) is 17.2 Å². The van der Waals surface area contributed by atoms with Gasteiger partial charge in [0.1, 0.15) is 5.75 Å². The summed E-state index contributed by atoms with van der Waals surface area (Å²) in [4.78, 5) is 0. The van der Waals surface area contributed by atoms with Gasteiger partial charge in [-0.1, -0.05) is 24.2 Å². The molecule has 0 amide bonds. The molecule has 7 heteroatoms. The second kappa shape index (κ2) is 8.32. The second-order valence-corrected chi connectivity index (χ2v) is 5.86. The third-order valence-electron chi connectivity index (χ3n) is 3.72. The van der Waals surface area contributed by atoms with E-state index in [9.17, 15) is 0 Å². The van der Waals surface area contributed by atoms with E-state index in [0.29, 0.717) is 18.5 Å². The average Bonchev–Trinajstić information content (AvgIpc) is 3.30. The number of rotatable bonds is 9. The number of aromatic nitrogens is 4. The normalized spacial score (nSPS) is 12.1. The Labute approximate surface area is 147 Å². The molecule has 1 aromatic carbocycles. The topological polar surface area (TPSA) is 78.0 Å². The number of nitrogens with one attached hydrogen (secondary N) is 1. The summed E-state index contributed by atoms with van der Waals surface area (Å²) < 4.78 is 13.4. The van der Waals surface area contributed by atoms with Gasteiger partial charge in [-0.25, -0.2) is 0 Å². The van der Waals surface area contributed by atoms with Gasteiger partial charge in [-0.05, 0) is 38.0 Å². The monoisotopic (exact) mass is 341 g/mol. The molecule has 132 valence electrons. The van der Waals surface area contributed by atoms with Crippen molar-refractivity contribution in [2.45, 2.75) is 39.3 Å². The zero-order valence-corrected chi connectivity index (χ0v) is 14.6. The lowest BCUT2D eigenvalue weighted by molar-refractivity contribution is 0.318. The van der Waals surface area contributed by atoms with Crippen LogP contribution in [0.4, 0.5) is 6.01 Å². The van der Waals surface area contributed by atoms with Crippen LogP contribution in [0.1, 0.15) is 26.7 Å². The number of benzene rings is 1. The van der Waals surface area contributed by atoms with Gasteiger partial charge in [-0.3, -0.25) is 4.68 Å². The van der Waals surface area contributed by atoms with E-state index < -0.39 is 0 Å². The standard InChI is InChI=1S/C18H23N5O2/c1-3-13-24-16-8-5-4-7-15(16)17-21-22-18(25-17)20-14(2)9-12-23-11-6-10-19-23/h4-8,10-11,14H,3,9,12-13H2,1-2H3,(H,20,22). The Morgan fingerprint density at radius 2 is 2.12 bits per heavy atom. The molecule has 1 N–H and O–H groups in total. The molecule has 3 rings (SSSR count). The minimum Gasteiger partial charge on any atom is -0.493 e. The summed E-state index contributed by atoms with van der Waals surface area (Å²) in [5, 5.41) is 15.7. The molecule has 0 aliphatic rings. The molecule has 0 aliphatic heterocycles. The summed E-state index contributed by atoms with van der Waals surface area (Å²) in [6, 6.07) is 10.2. The highest BCUT2D eigenvalue weighted by Gasteiger charge is 2.14. The van der Waals surface area contributed by atoms with Gasteiger partial charge in [0.05, 0.1) is 12.2 Å². The lowest BCUT2D eigenvalue weighted by atomic mass is 10.2. The van der Waals surface area contributed by atoms with E-state index in [1.165, 1.54) is 0 Å². The smallest absolute Gasteiger partial charge is 0.315 e. The molecule has 0 fully saturated rings. The lowest BCUT2D eigenvalue weighted by Gasteiger charge is -2.11. The van der Waals surface area contributed by atoms with Gasteiger partial charge in [-0.2, -0.15) is 5.10 Å². The number of aryl methyl sites for hydroxylation is 1. The Kier molecular flexibility index (Phi) is 5.66. The molecule has 3 aromatic rings. The summed E-state index contributed by atoms with van der Waals surface area (Å²) in [7, 11) is 0. The highest BCUT2D eigenvalue weighted by molar-refractivity contribution is 5.62. The van der Waals surface area contributed by atoms with Crippen LogP contribution in [0.2, 0.25) is 0 Å². The van der Waals surface area contributed by atoms with E-state index in [4.69, 9.17) is 9.15 Å². The van der Waals surface area contributed by atoms with Crippen LogP contribution in [-0.4, -0.2) is 32.6 Å². The van der Waals surface area contributed by atoms with E-state index in [2.05, 4.69) is 34.5 Å². The fraction of sp³-hybridized carbons (Fsp3) is 0.389. The van der Waals surface area contributed by atoms with E-state index in [0.717, 1.165) is 30.7 Å². The lowest BCUT2D eigenvalue weighted by Crippen LogP contribution is -2.18. The number of anilines is 1. The van der Waals surface area contributed by atoms with Crippen LogP contribution >= 0.6 is 0 Å². The van der Waals surface area contributed by atoms with Crippen LogP contribution in [-0.2, 0) is 6.54 Å². The van der Waals surface area contributed by atoms with E-state index in [-0.39, 0.29) is 6.04 Å². The first kappa shape index (κ1) is 17.0. The van der Waals surface area contributed by atoms with Gasteiger partial charge in [0.25, 0.3) is 5.89 Å². The SMILES string of the molecule is CCCOc1ccccc1-c1nnc(NC(C)CCn2cccn2)o1. The van der Waals surface area contributed by atoms with Crippen molar-refractivity contribution < 1.29 is 9.15 Å². The maximum absolute atomic E-state index is 5.76. The molecule has 7 nitrogen and oxygen atoms in total. The summed E-state index contributed by atoms with van der Waals surface area (Å²) in [5.74, 6) is 1.21. The van der Waals surface area contributed by atoms with Crippen molar-refractivity contribution in [2.24, 2.45) is 0 Å². The molecule has 0 radical (unpaired) electrons. The molecule has 1 atom stereocenters. The summed E-state index contributed by atoms with van der Waals surface area (Å²) in [6.45, 7) is 5.63. The highest BCUT2D eigenvalue weighted by atomic mass is 16.5. The van der Waals surface area contributed by atoms with Crippen molar-refractivity contribution >= 4 is 6.01 Å². The first-order chi connectivity index (χ1) is 12.3. The van der Waals surface area contributed by atoms with Crippen LogP contribution in [0.25, 0.3) is 11.5 Å². The van der Waals surface area contributed by atoms with Crippen molar-refractivity contribution in [3.05, 3.63) is 42.7 Å². The molecule has 2 heterocycles. The number of para-hydroxylation sites is 1. The first-order valence-corrected chi connectivity index (χ1v) is 8.56. The molecule has 2 aromatic heterocycles. The van der Waals surface area contributed by atoms with Crippen molar-refractivity contribution in [1.82, 2.24) is 20.0 Å². The van der Waals surface area contributed by atoms with Crippen molar-refractivity contribution in [2.75, 3.05) is 11.9 Å². The van der Waals surface area contributed by atoms with Gasteiger partial charge in [-0.15, -0.1) is 5.10 Å². The Hall–Kier alpha value is -2.83. The van der Waals surface area contributed by atoms with Crippen LogP contribution < -0.4 is 10.1 Å². The van der Waals surface area contributed by atoms with Crippen LogP contribution in [0.5, 0.6) is 5.75 Å². The van der Waals surface area contributed by atoms with E-state index in [1.54, 1.807) is 6.20 Å². The fourth-order valence-electron chi connectivity index (χ4n) is 2.41. The molecule has 1 unspecified atom stereocenters. The third kappa shape index (κ3) is 4.59. The Balaban J connectivity index is 1.62. The van der Waals surface area contributed by atoms with Crippen molar-refractivity contribution in [1.29, 1.82) is 0 Å². The molecule has 0 spiro atoms. The molecule has 0 saturated heterocycles. The van der Waals surface area contributed by atoms with Gasteiger partial charge in [0.15, 0.2) is 0 Å². The quantitative estimate of drug-likeness (QED) is 0.640. The third-order valence-corrected chi connectivity index (χ3v) is 3.72. The summed E-state index contributed by atoms with van der Waals surface area (Å²) in [5.41, 5.74) is 0.806. The zero-order chi connectivity index (χ0) is 17.5. The predicted octanol–water partition coefficient (Wildman–Crippen LogP) is 3.61. The minimum atomic E-state index is 0.184. The van der Waals surface area contributed by atoms with Crippen LogP contribution in [0.3, 0.4) is 0 Å². The minimum absolute atomic E-state index is 0.184. The van der Waals surface area contributed by atoms with E-state index >= 15 is 0 Å². The summed E-state index contributed by atoms with van der Waals surface area (Å²) >= 11 is 0. The Morgan fingerprint density at radius 3 is 2.92 bits per heavy atom. The van der Waals surface area contributed by atoms with Crippen LogP contribution in [0, 0.1) is 0 Å². The zero-order valence-electron chi connectivity index (χ0n) is 14.6. The number of hydrogen-bond acceptors (Lipinski definition) is 6. The maximum Gasteiger partial charge on any atom is 0.315 e. The van der Waals surface area contributed by atoms with Crippen LogP contribution in [0.15, 0.2) is 47.1 Å². The molecule has 0 aliphatic carbocycles. The predicted molar refractivity (Wildman–Crippen MR) is 95.4 cm³/mol. The van der Waals surface area contributed by atoms with Gasteiger partial charge < -0.3 is 14.5 Å². The number of hydrogen-bond donors (Lipinski definition) is 1. The highest BCUT2D eigenvalue weighted by Crippen LogP contribution is 2.29. The largest absolute Gasteiger partial charge is 0.493 e. The molecule has 25 heavy (non-hydrogen) atoms. The summed E-state index contributed by atoms with van der Waals surface area (Å²) in [6.07, 6.45) is 5.57. The van der Waals surface area contributed by atoms with Gasteiger partial charge >= 0.3 is 6.01 Å². The molecule has 0 bridgehead atoms. The number of nitrogens with zero attached hydrogens (tertiary/aromatic N) is 4. The van der Waals surface area contributed by atoms with Gasteiger partial charge in [0.2, 0.25) is 0 Å². The number of ether oxygens (including phenoxy) is 1.